The van der Waals surface area contributed by atoms with Crippen LogP contribution in [0.2, 0.25) is 5.02 Å². The molecule has 0 aromatic heterocycles. The summed E-state index contributed by atoms with van der Waals surface area (Å²) in [5.41, 5.74) is 1.24. The molecule has 0 aliphatic rings. The third kappa shape index (κ3) is 5.39. The Morgan fingerprint density at radius 1 is 1.21 bits per heavy atom. The van der Waals surface area contributed by atoms with E-state index in [1.807, 2.05) is 31.2 Å². The molecule has 0 fully saturated rings. The minimum absolute atomic E-state index is 0.298. The van der Waals surface area contributed by atoms with Gasteiger partial charge >= 0.3 is 0 Å². The first kappa shape index (κ1) is 22.0. The van der Waals surface area contributed by atoms with Gasteiger partial charge < -0.3 is 10.1 Å². The number of ether oxygens (including phenoxy) is 1. The van der Waals surface area contributed by atoms with Crippen molar-refractivity contribution in [2.24, 2.45) is 0 Å². The molecule has 2 atom stereocenters. The second kappa shape index (κ2) is 9.30. The Labute approximate surface area is 171 Å². The van der Waals surface area contributed by atoms with Gasteiger partial charge in [0.2, 0.25) is 15.9 Å². The normalized spacial score (nSPS) is 13.5. The average molecular weight is 425 g/mol. The average Bonchev–Trinajstić information content (AvgIpc) is 2.64. The highest BCUT2D eigenvalue weighted by Gasteiger charge is 2.32. The fraction of sp³-hybridized carbons (Fsp3) is 0.350. The van der Waals surface area contributed by atoms with Gasteiger partial charge in [-0.05, 0) is 49.2 Å². The van der Waals surface area contributed by atoms with E-state index in [0.717, 1.165) is 21.9 Å². The smallest absolute Gasteiger partial charge is 0.244 e. The lowest BCUT2D eigenvalue weighted by Gasteiger charge is -2.31. The Morgan fingerprint density at radius 3 is 2.36 bits per heavy atom. The number of carbonyl (C=O) groups excluding carboxylic acids is 1. The first-order chi connectivity index (χ1) is 13.2. The molecule has 0 bridgehead atoms. The van der Waals surface area contributed by atoms with Crippen molar-refractivity contribution in [3.8, 4) is 5.75 Å². The van der Waals surface area contributed by atoms with Crippen LogP contribution in [-0.2, 0) is 14.8 Å². The van der Waals surface area contributed by atoms with E-state index < -0.39 is 16.1 Å². The van der Waals surface area contributed by atoms with Gasteiger partial charge in [-0.1, -0.05) is 36.7 Å². The number of nitrogens with one attached hydrogen (secondary N) is 1. The monoisotopic (exact) mass is 424 g/mol. The molecule has 0 spiro atoms. The molecule has 2 aromatic carbocycles. The standard InChI is InChI=1S/C20H25ClN2O4S/c1-5-19(23(28(4,25)26)17-8-6-7-16(21)13-17)20(24)22-14(2)15-9-11-18(27-3)12-10-15/h6-14,19H,5H2,1-4H3,(H,22,24)/t14-,19+/m0/s1. The summed E-state index contributed by atoms with van der Waals surface area (Å²) in [7, 11) is -2.12. The van der Waals surface area contributed by atoms with Gasteiger partial charge in [0, 0.05) is 5.02 Å². The second-order valence-electron chi connectivity index (χ2n) is 6.47. The van der Waals surface area contributed by atoms with Crippen molar-refractivity contribution in [1.82, 2.24) is 5.32 Å². The fourth-order valence-electron chi connectivity index (χ4n) is 2.96. The van der Waals surface area contributed by atoms with Gasteiger partial charge in [0.25, 0.3) is 0 Å². The number of carbonyl (C=O) groups is 1. The van der Waals surface area contributed by atoms with Gasteiger partial charge in [-0.3, -0.25) is 9.10 Å². The molecule has 1 N–H and O–H groups in total. The lowest BCUT2D eigenvalue weighted by atomic mass is 10.1. The maximum absolute atomic E-state index is 13.0. The van der Waals surface area contributed by atoms with E-state index in [1.165, 1.54) is 6.07 Å². The summed E-state index contributed by atoms with van der Waals surface area (Å²) < 4.78 is 31.2. The number of halogens is 1. The molecule has 0 radical (unpaired) electrons. The van der Waals surface area contributed by atoms with Gasteiger partial charge in [-0.2, -0.15) is 0 Å². The zero-order valence-electron chi connectivity index (χ0n) is 16.3. The highest BCUT2D eigenvalue weighted by molar-refractivity contribution is 7.92. The zero-order valence-corrected chi connectivity index (χ0v) is 17.9. The van der Waals surface area contributed by atoms with Crippen LogP contribution in [-0.4, -0.2) is 33.7 Å². The third-order valence-electron chi connectivity index (χ3n) is 4.37. The molecular formula is C20H25ClN2O4S. The van der Waals surface area contributed by atoms with Gasteiger partial charge in [0.15, 0.2) is 0 Å². The molecule has 0 heterocycles. The van der Waals surface area contributed by atoms with Crippen LogP contribution < -0.4 is 14.4 Å². The largest absolute Gasteiger partial charge is 0.497 e. The quantitative estimate of drug-likeness (QED) is 0.699. The Bertz CT molecular complexity index is 916. The maximum Gasteiger partial charge on any atom is 0.244 e. The number of methoxy groups -OCH3 is 1. The number of amides is 1. The van der Waals surface area contributed by atoms with Crippen molar-refractivity contribution < 1.29 is 17.9 Å². The van der Waals surface area contributed by atoms with E-state index in [0.29, 0.717) is 17.1 Å². The van der Waals surface area contributed by atoms with Crippen LogP contribution >= 0.6 is 11.6 Å². The van der Waals surface area contributed by atoms with Gasteiger partial charge in [0.1, 0.15) is 11.8 Å². The highest BCUT2D eigenvalue weighted by atomic mass is 35.5. The summed E-state index contributed by atoms with van der Waals surface area (Å²) in [6.07, 6.45) is 1.39. The molecule has 28 heavy (non-hydrogen) atoms. The van der Waals surface area contributed by atoms with E-state index in [2.05, 4.69) is 5.32 Å². The summed E-state index contributed by atoms with van der Waals surface area (Å²) in [4.78, 5) is 13.0. The van der Waals surface area contributed by atoms with Crippen molar-refractivity contribution >= 4 is 33.2 Å². The number of benzene rings is 2. The van der Waals surface area contributed by atoms with E-state index in [-0.39, 0.29) is 11.9 Å². The number of nitrogens with zero attached hydrogens (tertiary/aromatic N) is 1. The summed E-state index contributed by atoms with van der Waals surface area (Å²) in [6.45, 7) is 3.61. The molecule has 2 aromatic rings. The fourth-order valence-corrected chi connectivity index (χ4v) is 4.35. The predicted octanol–water partition coefficient (Wildman–Crippen LogP) is 3.77. The molecule has 0 saturated heterocycles. The van der Waals surface area contributed by atoms with Gasteiger partial charge in [0.05, 0.1) is 25.1 Å². The first-order valence-electron chi connectivity index (χ1n) is 8.86. The molecule has 152 valence electrons. The SMILES string of the molecule is CC[C@H](C(=O)N[C@@H](C)c1ccc(OC)cc1)N(c1cccc(Cl)c1)S(C)(=O)=O. The lowest BCUT2D eigenvalue weighted by molar-refractivity contribution is -0.122. The van der Waals surface area contributed by atoms with Crippen LogP contribution in [0.5, 0.6) is 5.75 Å². The molecule has 1 amide bonds. The summed E-state index contributed by atoms with van der Waals surface area (Å²) in [5, 5.41) is 3.30. The minimum Gasteiger partial charge on any atom is -0.497 e. The van der Waals surface area contributed by atoms with E-state index in [1.54, 1.807) is 32.2 Å². The first-order valence-corrected chi connectivity index (χ1v) is 11.1. The molecule has 8 heteroatoms. The van der Waals surface area contributed by atoms with Crippen molar-refractivity contribution in [2.75, 3.05) is 17.7 Å². The number of hydrogen-bond acceptors (Lipinski definition) is 4. The lowest BCUT2D eigenvalue weighted by Crippen LogP contribution is -2.49. The molecule has 0 saturated carbocycles. The Kier molecular flexibility index (Phi) is 7.32. The Morgan fingerprint density at radius 2 is 1.86 bits per heavy atom. The summed E-state index contributed by atoms with van der Waals surface area (Å²) >= 11 is 6.02. The summed E-state index contributed by atoms with van der Waals surface area (Å²) in [5.74, 6) is 0.342. The van der Waals surface area contributed by atoms with Crippen molar-refractivity contribution in [2.45, 2.75) is 32.4 Å². The molecule has 2 rings (SSSR count). The molecule has 6 nitrogen and oxygen atoms in total. The van der Waals surface area contributed by atoms with Crippen LogP contribution in [0.25, 0.3) is 0 Å². The number of rotatable bonds is 8. The second-order valence-corrected chi connectivity index (χ2v) is 8.76. The number of sulfonamides is 1. The van der Waals surface area contributed by atoms with Gasteiger partial charge in [-0.15, -0.1) is 0 Å². The van der Waals surface area contributed by atoms with Crippen LogP contribution in [0.4, 0.5) is 5.69 Å². The minimum atomic E-state index is -3.70. The Balaban J connectivity index is 2.28. The summed E-state index contributed by atoms with van der Waals surface area (Å²) in [6, 6.07) is 12.6. The van der Waals surface area contributed by atoms with Crippen molar-refractivity contribution in [3.63, 3.8) is 0 Å². The molecule has 0 unspecified atom stereocenters. The van der Waals surface area contributed by atoms with Crippen LogP contribution in [0.1, 0.15) is 31.9 Å². The van der Waals surface area contributed by atoms with Crippen LogP contribution in [0.3, 0.4) is 0 Å². The van der Waals surface area contributed by atoms with Crippen LogP contribution in [0, 0.1) is 0 Å². The molecular weight excluding hydrogens is 400 g/mol. The van der Waals surface area contributed by atoms with E-state index in [9.17, 15) is 13.2 Å². The van der Waals surface area contributed by atoms with Gasteiger partial charge in [-0.25, -0.2) is 8.42 Å². The topological polar surface area (TPSA) is 75.7 Å². The van der Waals surface area contributed by atoms with E-state index in [4.69, 9.17) is 16.3 Å². The maximum atomic E-state index is 13.0. The molecule has 0 aliphatic heterocycles. The highest BCUT2D eigenvalue weighted by Crippen LogP contribution is 2.26. The Hall–Kier alpha value is -2.25. The number of hydrogen-bond donors (Lipinski definition) is 1. The van der Waals surface area contributed by atoms with Crippen molar-refractivity contribution in [3.05, 3.63) is 59.1 Å². The van der Waals surface area contributed by atoms with Crippen LogP contribution in [0.15, 0.2) is 48.5 Å². The third-order valence-corrected chi connectivity index (χ3v) is 5.78. The van der Waals surface area contributed by atoms with E-state index >= 15 is 0 Å². The zero-order chi connectivity index (χ0) is 20.9. The molecule has 0 aliphatic carbocycles. The van der Waals surface area contributed by atoms with Crippen molar-refractivity contribution in [1.29, 1.82) is 0 Å². The number of anilines is 1. The predicted molar refractivity (Wildman–Crippen MR) is 112 cm³/mol.